The van der Waals surface area contributed by atoms with E-state index < -0.39 is 5.97 Å². The Morgan fingerprint density at radius 1 is 1.14 bits per heavy atom. The highest BCUT2D eigenvalue weighted by Crippen LogP contribution is 2.22. The van der Waals surface area contributed by atoms with E-state index in [0.717, 1.165) is 0 Å². The molecular formula is C16H10ClNO3. The lowest BCUT2D eigenvalue weighted by Gasteiger charge is -2.07. The van der Waals surface area contributed by atoms with Gasteiger partial charge < -0.3 is 4.74 Å². The molecule has 0 bridgehead atoms. The molecule has 0 spiro atoms. The van der Waals surface area contributed by atoms with Gasteiger partial charge in [0.1, 0.15) is 11.8 Å². The third kappa shape index (κ3) is 3.47. The lowest BCUT2D eigenvalue weighted by atomic mass is 10.1. The molecule has 0 fully saturated rings. The number of rotatable bonds is 3. The second-order valence-corrected chi connectivity index (χ2v) is 4.72. The molecule has 0 radical (unpaired) electrons. The predicted octanol–water partition coefficient (Wildman–Crippen LogP) is 3.63. The number of benzene rings is 2. The summed E-state index contributed by atoms with van der Waals surface area (Å²) in [6.45, 7) is 1.39. The van der Waals surface area contributed by atoms with Crippen LogP contribution in [-0.2, 0) is 0 Å². The van der Waals surface area contributed by atoms with Crippen molar-refractivity contribution in [3.8, 4) is 11.8 Å². The summed E-state index contributed by atoms with van der Waals surface area (Å²) in [4.78, 5) is 23.4. The van der Waals surface area contributed by atoms with Gasteiger partial charge in [-0.25, -0.2) is 4.79 Å². The zero-order valence-electron chi connectivity index (χ0n) is 11.1. The number of esters is 1. The van der Waals surface area contributed by atoms with Crippen LogP contribution in [0.2, 0.25) is 5.02 Å². The molecular weight excluding hydrogens is 290 g/mol. The lowest BCUT2D eigenvalue weighted by Crippen LogP contribution is -2.10. The van der Waals surface area contributed by atoms with Crippen LogP contribution in [0.15, 0.2) is 42.5 Å². The van der Waals surface area contributed by atoms with Crippen LogP contribution in [0.4, 0.5) is 0 Å². The SMILES string of the molecule is CC(=O)c1ccc(C#N)c(OC(=O)c2cccc(Cl)c2)c1. The molecule has 0 unspecified atom stereocenters. The Balaban J connectivity index is 2.34. The molecule has 0 saturated heterocycles. The van der Waals surface area contributed by atoms with Gasteiger partial charge in [0.15, 0.2) is 5.78 Å². The zero-order valence-corrected chi connectivity index (χ0v) is 11.8. The summed E-state index contributed by atoms with van der Waals surface area (Å²) < 4.78 is 5.20. The van der Waals surface area contributed by atoms with Crippen LogP contribution in [0.3, 0.4) is 0 Å². The summed E-state index contributed by atoms with van der Waals surface area (Å²) in [5, 5.41) is 9.43. The van der Waals surface area contributed by atoms with Crippen molar-refractivity contribution < 1.29 is 14.3 Å². The monoisotopic (exact) mass is 299 g/mol. The Kier molecular flexibility index (Phi) is 4.36. The van der Waals surface area contributed by atoms with E-state index in [4.69, 9.17) is 21.6 Å². The van der Waals surface area contributed by atoms with Crippen molar-refractivity contribution in [1.29, 1.82) is 5.26 Å². The van der Waals surface area contributed by atoms with Gasteiger partial charge in [-0.3, -0.25) is 4.79 Å². The van der Waals surface area contributed by atoms with E-state index in [-0.39, 0.29) is 22.7 Å². The number of nitriles is 1. The number of hydrogen-bond donors (Lipinski definition) is 0. The normalized spacial score (nSPS) is 9.76. The minimum Gasteiger partial charge on any atom is -0.421 e. The average Bonchev–Trinajstić information content (AvgIpc) is 2.47. The van der Waals surface area contributed by atoms with E-state index in [1.165, 1.54) is 31.2 Å². The van der Waals surface area contributed by atoms with Gasteiger partial charge in [-0.1, -0.05) is 17.7 Å². The standard InChI is InChI=1S/C16H10ClNO3/c1-10(19)11-5-6-13(9-18)15(8-11)21-16(20)12-3-2-4-14(17)7-12/h2-8H,1H3. The third-order valence-electron chi connectivity index (χ3n) is 2.77. The van der Waals surface area contributed by atoms with Crippen molar-refractivity contribution in [3.05, 3.63) is 64.2 Å². The molecule has 0 heterocycles. The first-order chi connectivity index (χ1) is 10.0. The Hall–Kier alpha value is -2.64. The smallest absolute Gasteiger partial charge is 0.343 e. The molecule has 2 aromatic rings. The van der Waals surface area contributed by atoms with Crippen LogP contribution in [0.5, 0.6) is 5.75 Å². The molecule has 5 heteroatoms. The van der Waals surface area contributed by atoms with Gasteiger partial charge in [-0.2, -0.15) is 5.26 Å². The van der Waals surface area contributed by atoms with Crippen LogP contribution in [0.25, 0.3) is 0 Å². The Morgan fingerprint density at radius 3 is 2.52 bits per heavy atom. The fourth-order valence-corrected chi connectivity index (χ4v) is 1.88. The number of halogens is 1. The van der Waals surface area contributed by atoms with Crippen LogP contribution in [0, 0.1) is 11.3 Å². The Morgan fingerprint density at radius 2 is 1.90 bits per heavy atom. The Bertz CT molecular complexity index is 762. The van der Waals surface area contributed by atoms with E-state index in [1.54, 1.807) is 18.2 Å². The fraction of sp³-hybridized carbons (Fsp3) is 0.0625. The highest BCUT2D eigenvalue weighted by Gasteiger charge is 2.14. The maximum Gasteiger partial charge on any atom is 0.343 e. The van der Waals surface area contributed by atoms with Crippen LogP contribution >= 0.6 is 11.6 Å². The molecule has 0 aromatic heterocycles. The number of carbonyl (C=O) groups excluding carboxylic acids is 2. The minimum absolute atomic E-state index is 0.0511. The number of ether oxygens (including phenoxy) is 1. The van der Waals surface area contributed by atoms with Gasteiger partial charge in [-0.05, 0) is 43.3 Å². The highest BCUT2D eigenvalue weighted by molar-refractivity contribution is 6.30. The largest absolute Gasteiger partial charge is 0.421 e. The summed E-state index contributed by atoms with van der Waals surface area (Å²) in [5.41, 5.74) is 0.804. The molecule has 2 rings (SSSR count). The summed E-state index contributed by atoms with van der Waals surface area (Å²) in [6, 6.07) is 12.5. The van der Waals surface area contributed by atoms with Crippen molar-refractivity contribution in [2.75, 3.05) is 0 Å². The number of hydrogen-bond acceptors (Lipinski definition) is 4. The first-order valence-corrected chi connectivity index (χ1v) is 6.42. The Labute approximate surface area is 126 Å². The molecule has 0 aliphatic rings. The first kappa shape index (κ1) is 14.8. The highest BCUT2D eigenvalue weighted by atomic mass is 35.5. The second kappa shape index (κ2) is 6.21. The average molecular weight is 300 g/mol. The van der Waals surface area contributed by atoms with Crippen LogP contribution < -0.4 is 4.74 Å². The maximum atomic E-state index is 12.0. The van der Waals surface area contributed by atoms with Crippen molar-refractivity contribution in [1.82, 2.24) is 0 Å². The minimum atomic E-state index is -0.644. The number of ketones is 1. The molecule has 104 valence electrons. The summed E-state index contributed by atoms with van der Waals surface area (Å²) in [6.07, 6.45) is 0. The van der Waals surface area contributed by atoms with Gasteiger partial charge >= 0.3 is 5.97 Å². The lowest BCUT2D eigenvalue weighted by molar-refractivity contribution is 0.0733. The summed E-state index contributed by atoms with van der Waals surface area (Å²) in [7, 11) is 0. The molecule has 0 aliphatic heterocycles. The molecule has 0 N–H and O–H groups in total. The van der Waals surface area contributed by atoms with E-state index in [0.29, 0.717) is 10.6 Å². The predicted molar refractivity (Wildman–Crippen MR) is 77.6 cm³/mol. The maximum absolute atomic E-state index is 12.0. The molecule has 0 saturated carbocycles. The molecule has 0 amide bonds. The number of Topliss-reactive ketones (excluding diaryl/α,β-unsaturated/α-hetero) is 1. The summed E-state index contributed by atoms with van der Waals surface area (Å²) in [5.74, 6) is -0.774. The third-order valence-corrected chi connectivity index (χ3v) is 3.01. The van der Waals surface area contributed by atoms with Gasteiger partial charge in [0, 0.05) is 10.6 Å². The van der Waals surface area contributed by atoms with Crippen molar-refractivity contribution in [3.63, 3.8) is 0 Å². The van der Waals surface area contributed by atoms with Gasteiger partial charge in [-0.15, -0.1) is 0 Å². The first-order valence-electron chi connectivity index (χ1n) is 6.04. The van der Waals surface area contributed by atoms with Crippen molar-refractivity contribution in [2.24, 2.45) is 0 Å². The van der Waals surface area contributed by atoms with E-state index in [1.807, 2.05) is 6.07 Å². The molecule has 0 atom stereocenters. The van der Waals surface area contributed by atoms with E-state index >= 15 is 0 Å². The van der Waals surface area contributed by atoms with Crippen molar-refractivity contribution in [2.45, 2.75) is 6.92 Å². The van der Waals surface area contributed by atoms with Gasteiger partial charge in [0.2, 0.25) is 0 Å². The molecule has 4 nitrogen and oxygen atoms in total. The van der Waals surface area contributed by atoms with E-state index in [9.17, 15) is 9.59 Å². The van der Waals surface area contributed by atoms with E-state index in [2.05, 4.69) is 0 Å². The molecule has 0 aliphatic carbocycles. The van der Waals surface area contributed by atoms with Crippen LogP contribution in [-0.4, -0.2) is 11.8 Å². The van der Waals surface area contributed by atoms with Crippen molar-refractivity contribution >= 4 is 23.4 Å². The quantitative estimate of drug-likeness (QED) is 0.493. The summed E-state index contributed by atoms with van der Waals surface area (Å²) >= 11 is 5.81. The number of carbonyl (C=O) groups is 2. The topological polar surface area (TPSA) is 67.2 Å². The second-order valence-electron chi connectivity index (χ2n) is 4.28. The van der Waals surface area contributed by atoms with Gasteiger partial charge in [0.25, 0.3) is 0 Å². The molecule has 2 aromatic carbocycles. The molecule has 21 heavy (non-hydrogen) atoms. The zero-order chi connectivity index (χ0) is 15.4. The van der Waals surface area contributed by atoms with Crippen LogP contribution in [0.1, 0.15) is 33.2 Å². The fourth-order valence-electron chi connectivity index (χ4n) is 1.69. The number of nitrogens with zero attached hydrogens (tertiary/aromatic N) is 1. The van der Waals surface area contributed by atoms with Gasteiger partial charge in [0.05, 0.1) is 11.1 Å².